The SMILES string of the molecule is O=C(NCc1ccco1)c1cc2scc(Br)c2n1Cc1cccc(F)c1. The molecule has 1 N–H and O–H groups in total. The summed E-state index contributed by atoms with van der Waals surface area (Å²) in [6, 6.07) is 11.9. The van der Waals surface area contributed by atoms with Crippen molar-refractivity contribution in [3.63, 3.8) is 0 Å². The molecule has 0 aliphatic carbocycles. The number of carbonyl (C=O) groups is 1. The number of halogens is 2. The summed E-state index contributed by atoms with van der Waals surface area (Å²) >= 11 is 5.10. The lowest BCUT2D eigenvalue weighted by molar-refractivity contribution is 0.0939. The van der Waals surface area contributed by atoms with Crippen LogP contribution in [0, 0.1) is 5.82 Å². The number of thiophene rings is 1. The first-order valence-corrected chi connectivity index (χ1v) is 9.60. The van der Waals surface area contributed by atoms with Crippen molar-refractivity contribution in [2.75, 3.05) is 0 Å². The summed E-state index contributed by atoms with van der Waals surface area (Å²) in [5.41, 5.74) is 2.26. The molecule has 0 fully saturated rings. The van der Waals surface area contributed by atoms with Crippen LogP contribution in [0.25, 0.3) is 10.2 Å². The van der Waals surface area contributed by atoms with Crippen LogP contribution in [0.5, 0.6) is 0 Å². The monoisotopic (exact) mass is 432 g/mol. The summed E-state index contributed by atoms with van der Waals surface area (Å²) in [6.07, 6.45) is 1.57. The molecule has 132 valence electrons. The molecule has 4 rings (SSSR count). The molecule has 0 spiro atoms. The number of benzene rings is 1. The van der Waals surface area contributed by atoms with Gasteiger partial charge < -0.3 is 14.3 Å². The fourth-order valence-corrected chi connectivity index (χ4v) is 4.57. The summed E-state index contributed by atoms with van der Waals surface area (Å²) in [7, 11) is 0. The van der Waals surface area contributed by atoms with Gasteiger partial charge in [0.1, 0.15) is 17.3 Å². The van der Waals surface area contributed by atoms with Crippen molar-refractivity contribution in [1.82, 2.24) is 9.88 Å². The second kappa shape index (κ2) is 7.09. The van der Waals surface area contributed by atoms with Crippen LogP contribution in [0.1, 0.15) is 21.8 Å². The summed E-state index contributed by atoms with van der Waals surface area (Å²) in [4.78, 5) is 12.7. The van der Waals surface area contributed by atoms with E-state index in [9.17, 15) is 9.18 Å². The molecule has 3 heterocycles. The van der Waals surface area contributed by atoms with Crippen LogP contribution in [-0.4, -0.2) is 10.5 Å². The number of aromatic nitrogens is 1. The highest BCUT2D eigenvalue weighted by atomic mass is 79.9. The van der Waals surface area contributed by atoms with E-state index in [0.717, 1.165) is 20.3 Å². The van der Waals surface area contributed by atoms with E-state index in [4.69, 9.17) is 4.42 Å². The van der Waals surface area contributed by atoms with E-state index in [0.29, 0.717) is 24.5 Å². The predicted molar refractivity (Wildman–Crippen MR) is 103 cm³/mol. The maximum Gasteiger partial charge on any atom is 0.268 e. The minimum atomic E-state index is -0.292. The second-order valence-electron chi connectivity index (χ2n) is 5.80. The van der Waals surface area contributed by atoms with Crippen molar-refractivity contribution in [3.8, 4) is 0 Å². The number of hydrogen-bond donors (Lipinski definition) is 1. The molecule has 0 saturated heterocycles. The van der Waals surface area contributed by atoms with Crippen molar-refractivity contribution in [1.29, 1.82) is 0 Å². The predicted octanol–water partition coefficient (Wildman–Crippen LogP) is 5.18. The molecule has 1 aromatic carbocycles. The molecule has 0 unspecified atom stereocenters. The summed E-state index contributed by atoms with van der Waals surface area (Å²) in [5.74, 6) is 0.191. The van der Waals surface area contributed by atoms with E-state index < -0.39 is 0 Å². The van der Waals surface area contributed by atoms with Crippen molar-refractivity contribution in [2.24, 2.45) is 0 Å². The number of carbonyl (C=O) groups excluding carboxylic acids is 1. The third-order valence-corrected chi connectivity index (χ3v) is 5.87. The first-order chi connectivity index (χ1) is 12.6. The fraction of sp³-hybridized carbons (Fsp3) is 0.105. The zero-order valence-electron chi connectivity index (χ0n) is 13.5. The molecule has 26 heavy (non-hydrogen) atoms. The molecule has 0 atom stereocenters. The molecule has 0 saturated carbocycles. The Hall–Kier alpha value is -2.38. The molecule has 0 bridgehead atoms. The van der Waals surface area contributed by atoms with Gasteiger partial charge in [-0.2, -0.15) is 0 Å². The minimum Gasteiger partial charge on any atom is -0.467 e. The normalized spacial score (nSPS) is 11.2. The molecular weight excluding hydrogens is 419 g/mol. The number of amides is 1. The topological polar surface area (TPSA) is 47.2 Å². The lowest BCUT2D eigenvalue weighted by atomic mass is 10.2. The average Bonchev–Trinajstić information content (AvgIpc) is 3.33. The highest BCUT2D eigenvalue weighted by molar-refractivity contribution is 9.10. The Labute approximate surface area is 161 Å². The van der Waals surface area contributed by atoms with Gasteiger partial charge in [-0.1, -0.05) is 12.1 Å². The van der Waals surface area contributed by atoms with Gasteiger partial charge in [-0.05, 0) is 51.8 Å². The van der Waals surface area contributed by atoms with E-state index in [2.05, 4.69) is 21.2 Å². The van der Waals surface area contributed by atoms with Crippen LogP contribution in [0.4, 0.5) is 4.39 Å². The Balaban J connectivity index is 1.68. The Morgan fingerprint density at radius 3 is 2.92 bits per heavy atom. The number of nitrogens with zero attached hydrogens (tertiary/aromatic N) is 1. The number of fused-ring (bicyclic) bond motifs is 1. The first-order valence-electron chi connectivity index (χ1n) is 7.93. The first kappa shape index (κ1) is 17.1. The third-order valence-electron chi connectivity index (χ3n) is 4.04. The van der Waals surface area contributed by atoms with E-state index in [-0.39, 0.29) is 11.7 Å². The largest absolute Gasteiger partial charge is 0.467 e. The van der Waals surface area contributed by atoms with Crippen molar-refractivity contribution < 1.29 is 13.6 Å². The summed E-state index contributed by atoms with van der Waals surface area (Å²) in [5, 5.41) is 4.85. The van der Waals surface area contributed by atoms with E-state index in [1.807, 2.05) is 22.1 Å². The zero-order chi connectivity index (χ0) is 18.1. The number of hydrogen-bond acceptors (Lipinski definition) is 3. The molecule has 0 aliphatic rings. The number of nitrogens with one attached hydrogen (secondary N) is 1. The molecule has 3 aromatic heterocycles. The molecule has 0 aliphatic heterocycles. The van der Waals surface area contributed by atoms with Gasteiger partial charge in [-0.25, -0.2) is 4.39 Å². The van der Waals surface area contributed by atoms with Gasteiger partial charge in [-0.15, -0.1) is 11.3 Å². The van der Waals surface area contributed by atoms with Crippen LogP contribution in [0.15, 0.2) is 63.0 Å². The summed E-state index contributed by atoms with van der Waals surface area (Å²) < 4.78 is 22.6. The maximum atomic E-state index is 13.6. The Morgan fingerprint density at radius 2 is 2.15 bits per heavy atom. The molecule has 4 aromatic rings. The van der Waals surface area contributed by atoms with Crippen LogP contribution in [-0.2, 0) is 13.1 Å². The lowest BCUT2D eigenvalue weighted by Gasteiger charge is -2.11. The highest BCUT2D eigenvalue weighted by Gasteiger charge is 2.19. The van der Waals surface area contributed by atoms with Gasteiger partial charge in [0.15, 0.2) is 0 Å². The van der Waals surface area contributed by atoms with E-state index >= 15 is 0 Å². The highest BCUT2D eigenvalue weighted by Crippen LogP contribution is 2.33. The molecular formula is C19H14BrFN2O2S. The Bertz CT molecular complexity index is 1070. The van der Waals surface area contributed by atoms with Crippen molar-refractivity contribution >= 4 is 43.4 Å². The van der Waals surface area contributed by atoms with Crippen LogP contribution in [0.3, 0.4) is 0 Å². The molecule has 1 amide bonds. The third kappa shape index (κ3) is 3.32. The molecule has 7 heteroatoms. The fourth-order valence-electron chi connectivity index (χ4n) is 2.87. The van der Waals surface area contributed by atoms with Crippen LogP contribution in [0.2, 0.25) is 0 Å². The quantitative estimate of drug-likeness (QED) is 0.472. The average molecular weight is 433 g/mol. The van der Waals surface area contributed by atoms with Crippen molar-refractivity contribution in [3.05, 3.63) is 81.4 Å². The van der Waals surface area contributed by atoms with Gasteiger partial charge in [-0.3, -0.25) is 4.79 Å². The van der Waals surface area contributed by atoms with E-state index in [1.165, 1.54) is 12.1 Å². The van der Waals surface area contributed by atoms with E-state index in [1.54, 1.807) is 35.8 Å². The van der Waals surface area contributed by atoms with Gasteiger partial charge in [0, 0.05) is 11.9 Å². The smallest absolute Gasteiger partial charge is 0.268 e. The minimum absolute atomic E-state index is 0.201. The van der Waals surface area contributed by atoms with Gasteiger partial charge in [0.25, 0.3) is 5.91 Å². The van der Waals surface area contributed by atoms with Gasteiger partial charge in [0.2, 0.25) is 0 Å². The van der Waals surface area contributed by atoms with Crippen molar-refractivity contribution in [2.45, 2.75) is 13.1 Å². The van der Waals surface area contributed by atoms with Gasteiger partial charge >= 0.3 is 0 Å². The summed E-state index contributed by atoms with van der Waals surface area (Å²) in [6.45, 7) is 0.714. The van der Waals surface area contributed by atoms with Crippen LogP contribution >= 0.6 is 27.3 Å². The lowest BCUT2D eigenvalue weighted by Crippen LogP contribution is -2.25. The Morgan fingerprint density at radius 1 is 1.27 bits per heavy atom. The zero-order valence-corrected chi connectivity index (χ0v) is 15.9. The second-order valence-corrected chi connectivity index (χ2v) is 7.57. The molecule has 4 nitrogen and oxygen atoms in total. The standard InChI is InChI=1S/C19H14BrFN2O2S/c20-15-11-26-17-8-16(19(24)22-9-14-5-2-6-25-14)23(18(15)17)10-12-3-1-4-13(21)7-12/h1-8,11H,9-10H2,(H,22,24). The van der Waals surface area contributed by atoms with Crippen LogP contribution < -0.4 is 5.32 Å². The maximum absolute atomic E-state index is 13.6. The number of rotatable bonds is 5. The molecule has 0 radical (unpaired) electrons. The number of furan rings is 1. The Kier molecular flexibility index (Phi) is 4.65. The van der Waals surface area contributed by atoms with Gasteiger partial charge in [0.05, 0.1) is 27.5 Å².